The second kappa shape index (κ2) is 12.9. The highest BCUT2D eigenvalue weighted by Gasteiger charge is 2.38. The largest absolute Gasteiger partial charge is 0.466 e. The molecule has 1 saturated heterocycles. The third kappa shape index (κ3) is 6.54. The van der Waals surface area contributed by atoms with Gasteiger partial charge in [-0.25, -0.2) is 13.1 Å². The first-order valence-electron chi connectivity index (χ1n) is 14.1. The van der Waals surface area contributed by atoms with Crippen LogP contribution in [0.4, 0.5) is 5.69 Å². The maximum absolute atomic E-state index is 13.8. The molecule has 0 unspecified atom stereocenters. The van der Waals surface area contributed by atoms with Crippen LogP contribution in [0.15, 0.2) is 95.9 Å². The summed E-state index contributed by atoms with van der Waals surface area (Å²) in [6.45, 7) is 5.50. The Morgan fingerprint density at radius 3 is 2.33 bits per heavy atom. The van der Waals surface area contributed by atoms with Gasteiger partial charge in [-0.3, -0.25) is 14.5 Å². The second-order valence-corrected chi connectivity index (χ2v) is 12.2. The predicted molar refractivity (Wildman–Crippen MR) is 164 cm³/mol. The van der Waals surface area contributed by atoms with Gasteiger partial charge in [-0.05, 0) is 49.6 Å². The molecule has 9 heteroatoms. The van der Waals surface area contributed by atoms with Gasteiger partial charge in [-0.15, -0.1) is 0 Å². The van der Waals surface area contributed by atoms with Crippen molar-refractivity contribution in [3.63, 3.8) is 0 Å². The number of hydrogen-bond donors (Lipinski definition) is 2. The quantitative estimate of drug-likeness (QED) is 0.264. The number of rotatable bonds is 9. The zero-order valence-electron chi connectivity index (χ0n) is 23.7. The van der Waals surface area contributed by atoms with Crippen LogP contribution in [0.3, 0.4) is 0 Å². The van der Waals surface area contributed by atoms with E-state index < -0.39 is 28.0 Å². The molecule has 1 heterocycles. The van der Waals surface area contributed by atoms with Crippen LogP contribution in [0, 0.1) is 12.8 Å². The van der Waals surface area contributed by atoms with Crippen LogP contribution in [-0.2, 0) is 26.1 Å². The molecule has 0 bridgehead atoms. The molecule has 8 nitrogen and oxygen atoms in total. The lowest BCUT2D eigenvalue weighted by molar-refractivity contribution is -0.150. The van der Waals surface area contributed by atoms with E-state index in [9.17, 15) is 18.0 Å². The van der Waals surface area contributed by atoms with Gasteiger partial charge in [0.2, 0.25) is 10.0 Å². The zero-order chi connectivity index (χ0) is 29.7. The van der Waals surface area contributed by atoms with E-state index in [0.29, 0.717) is 48.1 Å². The number of carbonyl (C=O) groups excluding carboxylic acids is 2. The lowest BCUT2D eigenvalue weighted by Gasteiger charge is -2.37. The van der Waals surface area contributed by atoms with E-state index in [4.69, 9.17) is 4.74 Å². The van der Waals surface area contributed by atoms with Gasteiger partial charge in [0, 0.05) is 47.7 Å². The fraction of sp³-hybridized carbons (Fsp3) is 0.273. The molecule has 4 aromatic carbocycles. The van der Waals surface area contributed by atoms with Gasteiger partial charge in [-0.1, -0.05) is 72.8 Å². The molecule has 0 aliphatic carbocycles. The first-order chi connectivity index (χ1) is 20.3. The highest BCUT2D eigenvalue weighted by molar-refractivity contribution is 7.89. The van der Waals surface area contributed by atoms with E-state index in [1.165, 1.54) is 6.07 Å². The Hall–Kier alpha value is -4.05. The molecule has 1 aliphatic rings. The number of ether oxygens (including phenoxy) is 1. The SMILES string of the molecule is CCOC(=O)[C@@H]1CN(Cc2ccccc2)CC[C@H]1NS(=O)(=O)c1ccc(NC(=O)c2ccccc2C)c2ccccc12. The number of anilines is 1. The Morgan fingerprint density at radius 2 is 1.60 bits per heavy atom. The highest BCUT2D eigenvalue weighted by Crippen LogP contribution is 2.31. The number of nitrogens with one attached hydrogen (secondary N) is 2. The minimum atomic E-state index is -4.04. The summed E-state index contributed by atoms with van der Waals surface area (Å²) >= 11 is 0. The molecule has 0 radical (unpaired) electrons. The number of hydrogen-bond acceptors (Lipinski definition) is 6. The van der Waals surface area contributed by atoms with Crippen molar-refractivity contribution >= 4 is 38.4 Å². The van der Waals surface area contributed by atoms with E-state index in [1.54, 1.807) is 49.4 Å². The molecular formula is C33H35N3O5S. The Bertz CT molecular complexity index is 1690. The van der Waals surface area contributed by atoms with Crippen molar-refractivity contribution in [2.75, 3.05) is 25.0 Å². The number of aryl methyl sites for hydroxylation is 1. The fourth-order valence-electron chi connectivity index (χ4n) is 5.53. The summed E-state index contributed by atoms with van der Waals surface area (Å²) in [6.07, 6.45) is 0.456. The van der Waals surface area contributed by atoms with Crippen molar-refractivity contribution < 1.29 is 22.7 Å². The number of fused-ring (bicyclic) bond motifs is 1. The van der Waals surface area contributed by atoms with Crippen molar-refractivity contribution in [2.24, 2.45) is 5.92 Å². The smallest absolute Gasteiger partial charge is 0.311 e. The second-order valence-electron chi connectivity index (χ2n) is 10.5. The minimum Gasteiger partial charge on any atom is -0.466 e. The molecule has 218 valence electrons. The van der Waals surface area contributed by atoms with E-state index in [-0.39, 0.29) is 17.4 Å². The fourth-order valence-corrected chi connectivity index (χ4v) is 7.05. The Kier molecular flexibility index (Phi) is 9.01. The van der Waals surface area contributed by atoms with Gasteiger partial charge in [0.15, 0.2) is 0 Å². The lowest BCUT2D eigenvalue weighted by atomic mass is 9.92. The van der Waals surface area contributed by atoms with Gasteiger partial charge >= 0.3 is 5.97 Å². The van der Waals surface area contributed by atoms with Crippen molar-refractivity contribution in [1.82, 2.24) is 9.62 Å². The number of nitrogens with zero attached hydrogens (tertiary/aromatic N) is 1. The van der Waals surface area contributed by atoms with Gasteiger partial charge < -0.3 is 10.1 Å². The van der Waals surface area contributed by atoms with Crippen LogP contribution in [0.2, 0.25) is 0 Å². The van der Waals surface area contributed by atoms with Crippen LogP contribution < -0.4 is 10.0 Å². The first kappa shape index (κ1) is 29.4. The number of piperidine rings is 1. The topological polar surface area (TPSA) is 105 Å². The molecular weight excluding hydrogens is 550 g/mol. The summed E-state index contributed by atoms with van der Waals surface area (Å²) in [5.74, 6) is -1.34. The monoisotopic (exact) mass is 585 g/mol. The van der Waals surface area contributed by atoms with E-state index >= 15 is 0 Å². The summed E-state index contributed by atoms with van der Waals surface area (Å²) in [5.41, 5.74) is 3.02. The first-order valence-corrected chi connectivity index (χ1v) is 15.6. The van der Waals surface area contributed by atoms with Crippen molar-refractivity contribution in [3.8, 4) is 0 Å². The van der Waals surface area contributed by atoms with Crippen molar-refractivity contribution in [3.05, 3.63) is 108 Å². The predicted octanol–water partition coefficient (Wildman–Crippen LogP) is 5.13. The summed E-state index contributed by atoms with van der Waals surface area (Å²) in [5, 5.41) is 4.01. The number of benzene rings is 4. The molecule has 2 atom stereocenters. The summed E-state index contributed by atoms with van der Waals surface area (Å²) in [4.78, 5) is 28.3. The molecule has 0 spiro atoms. The van der Waals surface area contributed by atoms with Gasteiger partial charge in [0.05, 0.1) is 17.4 Å². The molecule has 0 saturated carbocycles. The van der Waals surface area contributed by atoms with Gasteiger partial charge in [0.1, 0.15) is 0 Å². The van der Waals surface area contributed by atoms with E-state index in [1.807, 2.05) is 49.4 Å². The number of likely N-dealkylation sites (tertiary alicyclic amines) is 1. The summed E-state index contributed by atoms with van der Waals surface area (Å²) in [6, 6.07) is 26.8. The van der Waals surface area contributed by atoms with Gasteiger partial charge in [-0.2, -0.15) is 0 Å². The van der Waals surface area contributed by atoms with Crippen LogP contribution in [0.5, 0.6) is 0 Å². The van der Waals surface area contributed by atoms with E-state index in [0.717, 1.165) is 11.1 Å². The zero-order valence-corrected chi connectivity index (χ0v) is 24.6. The standard InChI is InChI=1S/C33H35N3O5S/c1-3-41-33(38)28-22-36(21-24-12-5-4-6-13-24)20-19-30(28)35-42(39,40)31-18-17-29(26-15-9-10-16-27(26)31)34-32(37)25-14-8-7-11-23(25)2/h4-18,28,30,35H,3,19-22H2,1-2H3,(H,34,37)/t28-,30-/m1/s1. The Balaban J connectivity index is 1.40. The van der Waals surface area contributed by atoms with Crippen LogP contribution >= 0.6 is 0 Å². The average molecular weight is 586 g/mol. The number of esters is 1. The average Bonchev–Trinajstić information content (AvgIpc) is 2.98. The Labute approximate surface area is 246 Å². The molecule has 1 aliphatic heterocycles. The lowest BCUT2D eigenvalue weighted by Crippen LogP contribution is -2.53. The number of amides is 1. The van der Waals surface area contributed by atoms with Crippen molar-refractivity contribution in [1.29, 1.82) is 0 Å². The van der Waals surface area contributed by atoms with Crippen molar-refractivity contribution in [2.45, 2.75) is 37.8 Å². The maximum atomic E-state index is 13.8. The van der Waals surface area contributed by atoms with Crippen LogP contribution in [0.1, 0.15) is 34.8 Å². The summed E-state index contributed by atoms with van der Waals surface area (Å²) < 4.78 is 35.9. The molecule has 1 amide bonds. The third-order valence-corrected chi connectivity index (χ3v) is 9.20. The third-order valence-electron chi connectivity index (χ3n) is 7.65. The summed E-state index contributed by atoms with van der Waals surface area (Å²) in [7, 11) is -4.04. The Morgan fingerprint density at radius 1 is 0.905 bits per heavy atom. The molecule has 2 N–H and O–H groups in total. The van der Waals surface area contributed by atoms with Crippen LogP contribution in [0.25, 0.3) is 10.8 Å². The molecule has 0 aromatic heterocycles. The maximum Gasteiger partial charge on any atom is 0.311 e. The van der Waals surface area contributed by atoms with E-state index in [2.05, 4.69) is 14.9 Å². The molecule has 42 heavy (non-hydrogen) atoms. The normalized spacial score (nSPS) is 17.6. The minimum absolute atomic E-state index is 0.0846. The van der Waals surface area contributed by atoms with Crippen LogP contribution in [-0.4, -0.2) is 50.9 Å². The molecule has 1 fully saturated rings. The molecule has 4 aromatic rings. The highest BCUT2D eigenvalue weighted by atomic mass is 32.2. The molecule has 5 rings (SSSR count). The number of sulfonamides is 1. The number of carbonyl (C=O) groups is 2. The van der Waals surface area contributed by atoms with Gasteiger partial charge in [0.25, 0.3) is 5.91 Å².